The minimum atomic E-state index is -2.58. The highest BCUT2D eigenvalue weighted by molar-refractivity contribution is 6.11. The van der Waals surface area contributed by atoms with Crippen LogP contribution in [0.4, 0.5) is 0 Å². The number of hydrogen-bond acceptors (Lipinski definition) is 5. The summed E-state index contributed by atoms with van der Waals surface area (Å²) in [7, 11) is 0. The van der Waals surface area contributed by atoms with Crippen LogP contribution in [0.2, 0.25) is 0 Å². The van der Waals surface area contributed by atoms with Crippen LogP contribution in [-0.2, 0) is 9.59 Å². The van der Waals surface area contributed by atoms with Crippen molar-refractivity contribution in [2.45, 2.75) is 276 Å². The van der Waals surface area contributed by atoms with E-state index >= 15 is 0 Å². The molecule has 2 atom stereocenters. The molecule has 5 heteroatoms. The first-order chi connectivity index (χ1) is 26.3. The Morgan fingerprint density at radius 1 is 0.426 bits per heavy atom. The standard InChI is InChI=1S/C49H92O5/c1-5-9-13-15-17-19-21-23-25-27-29-31-33-35-38-42-46(51)49(54,48(53,44-40-12-8-4)45(50)41-37-11-7-3)47(52)43-39-36-34-32-30-28-26-24-22-20-18-16-14-10-6-2/h23-26,45,50,53-54H,5-22,27-44H2,1-4H3. The van der Waals surface area contributed by atoms with Gasteiger partial charge >= 0.3 is 0 Å². The van der Waals surface area contributed by atoms with E-state index in [0.29, 0.717) is 25.7 Å². The van der Waals surface area contributed by atoms with Crippen LogP contribution in [-0.4, -0.2) is 44.2 Å². The van der Waals surface area contributed by atoms with E-state index in [9.17, 15) is 24.9 Å². The van der Waals surface area contributed by atoms with Crippen LogP contribution in [0.1, 0.15) is 259 Å². The number of aliphatic hydroxyl groups is 3. The molecule has 0 aliphatic heterocycles. The van der Waals surface area contributed by atoms with Gasteiger partial charge < -0.3 is 15.3 Å². The second-order valence-electron chi connectivity index (χ2n) is 16.6. The monoisotopic (exact) mass is 761 g/mol. The third-order valence-electron chi connectivity index (χ3n) is 11.6. The number of allylic oxidation sites excluding steroid dienone is 4. The van der Waals surface area contributed by atoms with E-state index in [1.54, 1.807) is 0 Å². The number of Topliss-reactive ketones (excluding diaryl/α,β-unsaturated/α-hetero) is 2. The maximum atomic E-state index is 14.0. The summed E-state index contributed by atoms with van der Waals surface area (Å²) in [6.07, 6.45) is 42.8. The molecule has 0 aliphatic carbocycles. The quantitative estimate of drug-likeness (QED) is 0.0327. The minimum absolute atomic E-state index is 0.0425. The molecule has 0 aromatic rings. The van der Waals surface area contributed by atoms with Crippen LogP contribution in [0.15, 0.2) is 24.3 Å². The summed E-state index contributed by atoms with van der Waals surface area (Å²) >= 11 is 0. The number of unbranched alkanes of at least 4 members (excludes halogenated alkanes) is 26. The van der Waals surface area contributed by atoms with E-state index in [2.05, 4.69) is 52.0 Å². The summed E-state index contributed by atoms with van der Waals surface area (Å²) in [4.78, 5) is 27.9. The van der Waals surface area contributed by atoms with Gasteiger partial charge in [-0.05, 0) is 77.0 Å². The van der Waals surface area contributed by atoms with Gasteiger partial charge in [0.1, 0.15) is 5.60 Å². The van der Waals surface area contributed by atoms with Crippen molar-refractivity contribution in [3.8, 4) is 0 Å². The van der Waals surface area contributed by atoms with Crippen molar-refractivity contribution < 1.29 is 24.9 Å². The van der Waals surface area contributed by atoms with Crippen LogP contribution in [0, 0.1) is 0 Å². The fraction of sp³-hybridized carbons (Fsp3) is 0.878. The summed E-state index contributed by atoms with van der Waals surface area (Å²) in [6, 6.07) is 0. The zero-order valence-electron chi connectivity index (χ0n) is 36.5. The predicted molar refractivity (Wildman–Crippen MR) is 233 cm³/mol. The third kappa shape index (κ3) is 25.1. The Labute approximate surface area is 336 Å². The number of carbonyl (C=O) groups excluding carboxylic acids is 2. The zero-order valence-corrected chi connectivity index (χ0v) is 36.5. The van der Waals surface area contributed by atoms with Gasteiger partial charge in [-0.25, -0.2) is 0 Å². The predicted octanol–water partition coefficient (Wildman–Crippen LogP) is 14.2. The molecule has 2 unspecified atom stereocenters. The van der Waals surface area contributed by atoms with Crippen molar-refractivity contribution in [2.75, 3.05) is 0 Å². The van der Waals surface area contributed by atoms with Crippen molar-refractivity contribution >= 4 is 11.6 Å². The lowest BCUT2D eigenvalue weighted by Gasteiger charge is -2.44. The molecule has 0 heterocycles. The Morgan fingerprint density at radius 2 is 0.722 bits per heavy atom. The highest BCUT2D eigenvalue weighted by atomic mass is 16.4. The molecule has 54 heavy (non-hydrogen) atoms. The molecule has 0 rings (SSSR count). The lowest BCUT2D eigenvalue weighted by molar-refractivity contribution is -0.208. The fourth-order valence-electron chi connectivity index (χ4n) is 7.77. The van der Waals surface area contributed by atoms with E-state index < -0.39 is 28.9 Å². The van der Waals surface area contributed by atoms with E-state index in [4.69, 9.17) is 0 Å². The lowest BCUT2D eigenvalue weighted by Crippen LogP contribution is -2.69. The third-order valence-corrected chi connectivity index (χ3v) is 11.6. The highest BCUT2D eigenvalue weighted by Gasteiger charge is 2.61. The molecule has 0 fully saturated rings. The summed E-state index contributed by atoms with van der Waals surface area (Å²) in [6.45, 7) is 8.64. The second kappa shape index (κ2) is 37.3. The highest BCUT2D eigenvalue weighted by Crippen LogP contribution is 2.38. The van der Waals surface area contributed by atoms with Gasteiger partial charge in [0.2, 0.25) is 5.60 Å². The Balaban J connectivity index is 5.05. The summed E-state index contributed by atoms with van der Waals surface area (Å²) in [5.41, 5.74) is -4.75. The van der Waals surface area contributed by atoms with Crippen LogP contribution in [0.5, 0.6) is 0 Å². The van der Waals surface area contributed by atoms with Crippen LogP contribution >= 0.6 is 0 Å². The average Bonchev–Trinajstić information content (AvgIpc) is 3.17. The molecule has 318 valence electrons. The maximum absolute atomic E-state index is 14.0. The van der Waals surface area contributed by atoms with Crippen LogP contribution in [0.25, 0.3) is 0 Å². The van der Waals surface area contributed by atoms with E-state index in [0.717, 1.165) is 89.9 Å². The van der Waals surface area contributed by atoms with Crippen molar-refractivity contribution in [1.29, 1.82) is 0 Å². The first-order valence-electron chi connectivity index (χ1n) is 23.7. The molecule has 0 spiro atoms. The summed E-state index contributed by atoms with van der Waals surface area (Å²) in [5, 5.41) is 35.8. The van der Waals surface area contributed by atoms with Gasteiger partial charge in [-0.15, -0.1) is 0 Å². The summed E-state index contributed by atoms with van der Waals surface area (Å²) in [5.74, 6) is -1.21. The van der Waals surface area contributed by atoms with Gasteiger partial charge in [-0.1, -0.05) is 193 Å². The minimum Gasteiger partial charge on any atom is -0.390 e. The van der Waals surface area contributed by atoms with E-state index in [1.165, 1.54) is 89.9 Å². The van der Waals surface area contributed by atoms with Gasteiger partial charge in [-0.3, -0.25) is 9.59 Å². The number of rotatable bonds is 42. The Bertz CT molecular complexity index is 858. The van der Waals surface area contributed by atoms with E-state index in [-0.39, 0.29) is 25.7 Å². The molecule has 0 aromatic carbocycles. The first-order valence-corrected chi connectivity index (χ1v) is 23.7. The van der Waals surface area contributed by atoms with Crippen molar-refractivity contribution in [1.82, 2.24) is 0 Å². The molecular formula is C49H92O5. The normalized spacial score (nSPS) is 14.9. The average molecular weight is 761 g/mol. The van der Waals surface area contributed by atoms with Gasteiger partial charge in [0.05, 0.1) is 6.10 Å². The largest absolute Gasteiger partial charge is 0.390 e. The number of hydrogen-bond donors (Lipinski definition) is 3. The fourth-order valence-corrected chi connectivity index (χ4v) is 7.77. The molecule has 0 saturated carbocycles. The molecule has 3 N–H and O–H groups in total. The lowest BCUT2D eigenvalue weighted by atomic mass is 9.67. The number of aliphatic hydroxyl groups excluding tert-OH is 1. The van der Waals surface area contributed by atoms with Gasteiger partial charge in [-0.2, -0.15) is 0 Å². The topological polar surface area (TPSA) is 94.8 Å². The molecular weight excluding hydrogens is 669 g/mol. The Kier molecular flexibility index (Phi) is 36.4. The van der Waals surface area contributed by atoms with Gasteiger partial charge in [0.15, 0.2) is 11.6 Å². The summed E-state index contributed by atoms with van der Waals surface area (Å²) < 4.78 is 0. The van der Waals surface area contributed by atoms with Gasteiger partial charge in [0, 0.05) is 12.8 Å². The maximum Gasteiger partial charge on any atom is 0.212 e. The number of ketones is 2. The Morgan fingerprint density at radius 3 is 1.09 bits per heavy atom. The smallest absolute Gasteiger partial charge is 0.212 e. The van der Waals surface area contributed by atoms with Crippen LogP contribution in [0.3, 0.4) is 0 Å². The molecule has 0 amide bonds. The van der Waals surface area contributed by atoms with E-state index in [1.807, 2.05) is 0 Å². The Hall–Kier alpha value is -1.30. The molecule has 0 saturated heterocycles. The molecule has 0 radical (unpaired) electrons. The van der Waals surface area contributed by atoms with Crippen molar-refractivity contribution in [3.05, 3.63) is 24.3 Å². The van der Waals surface area contributed by atoms with Crippen molar-refractivity contribution in [3.63, 3.8) is 0 Å². The molecule has 0 bridgehead atoms. The second-order valence-corrected chi connectivity index (χ2v) is 16.6. The zero-order chi connectivity index (χ0) is 40.0. The molecule has 5 nitrogen and oxygen atoms in total. The van der Waals surface area contributed by atoms with Gasteiger partial charge in [0.25, 0.3) is 0 Å². The SMILES string of the molecule is CCCCCCCCC=CCCCCCCCC(=O)C(O)(C(=O)CCCCCCCC=CCCCCCCCC)C(O)(CCCCC)C(O)CCCCC. The molecule has 0 aliphatic rings. The van der Waals surface area contributed by atoms with Crippen LogP contribution < -0.4 is 0 Å². The van der Waals surface area contributed by atoms with Crippen molar-refractivity contribution in [2.24, 2.45) is 0 Å². The first kappa shape index (κ1) is 52.7. The molecule has 0 aromatic heterocycles. The number of carbonyl (C=O) groups is 2.